The van der Waals surface area contributed by atoms with Gasteiger partial charge in [0.15, 0.2) is 5.13 Å². The summed E-state index contributed by atoms with van der Waals surface area (Å²) in [6.45, 7) is 3.97. The van der Waals surface area contributed by atoms with E-state index >= 15 is 0 Å². The average Bonchev–Trinajstić information content (AvgIpc) is 3.42. The molecule has 0 unspecified atom stereocenters. The van der Waals surface area contributed by atoms with Gasteiger partial charge < -0.3 is 14.6 Å². The summed E-state index contributed by atoms with van der Waals surface area (Å²) in [7, 11) is 3.11. The largest absolute Gasteiger partial charge is 0.507 e. The highest BCUT2D eigenvalue weighted by Gasteiger charge is 2.48. The number of thiazole rings is 1. The van der Waals surface area contributed by atoms with Crippen molar-refractivity contribution in [2.24, 2.45) is 0 Å². The van der Waals surface area contributed by atoms with Crippen LogP contribution in [-0.4, -0.2) is 36.0 Å². The Balaban J connectivity index is 1.71. The minimum atomic E-state index is -0.861. The molecule has 0 bridgehead atoms. The van der Waals surface area contributed by atoms with Crippen LogP contribution in [0.2, 0.25) is 0 Å². The fraction of sp³-hybridized carbons (Fsp3) is 0.179. The van der Waals surface area contributed by atoms with Crippen LogP contribution in [0.15, 0.2) is 66.2 Å². The van der Waals surface area contributed by atoms with E-state index in [0.29, 0.717) is 27.8 Å². The van der Waals surface area contributed by atoms with Gasteiger partial charge in [0.05, 0.1) is 36.1 Å². The van der Waals surface area contributed by atoms with Gasteiger partial charge >= 0.3 is 5.91 Å². The van der Waals surface area contributed by atoms with E-state index in [1.54, 1.807) is 62.8 Å². The summed E-state index contributed by atoms with van der Waals surface area (Å²) >= 11 is 1.35. The number of Topliss-reactive ketones (excluding diaryl/α,β-unsaturated/α-hetero) is 1. The highest BCUT2D eigenvalue weighted by molar-refractivity contribution is 7.22. The number of fused-ring (bicyclic) bond motifs is 1. The Labute approximate surface area is 212 Å². The van der Waals surface area contributed by atoms with Gasteiger partial charge in [-0.15, -0.1) is 0 Å². The number of hydrogen-bond donors (Lipinski definition) is 1. The second-order valence-corrected chi connectivity index (χ2v) is 9.60. The van der Waals surface area contributed by atoms with E-state index in [1.807, 2.05) is 26.0 Å². The van der Waals surface area contributed by atoms with Gasteiger partial charge in [0.25, 0.3) is 5.78 Å². The van der Waals surface area contributed by atoms with E-state index in [4.69, 9.17) is 14.5 Å². The molecule has 0 spiro atoms. The third kappa shape index (κ3) is 3.89. The molecule has 1 atom stereocenters. The van der Waals surface area contributed by atoms with Gasteiger partial charge in [0.1, 0.15) is 17.3 Å². The Morgan fingerprint density at radius 1 is 0.944 bits per heavy atom. The zero-order valence-corrected chi connectivity index (χ0v) is 21.1. The zero-order valence-electron chi connectivity index (χ0n) is 20.2. The van der Waals surface area contributed by atoms with Crippen molar-refractivity contribution in [3.63, 3.8) is 0 Å². The van der Waals surface area contributed by atoms with Crippen molar-refractivity contribution in [1.82, 2.24) is 4.98 Å². The van der Waals surface area contributed by atoms with E-state index in [0.717, 1.165) is 21.3 Å². The lowest BCUT2D eigenvalue weighted by Gasteiger charge is -2.23. The lowest BCUT2D eigenvalue weighted by Crippen LogP contribution is -2.29. The number of aliphatic hydroxyl groups is 1. The molecule has 3 aromatic carbocycles. The van der Waals surface area contributed by atoms with E-state index < -0.39 is 17.7 Å². The van der Waals surface area contributed by atoms with Crippen molar-refractivity contribution in [2.45, 2.75) is 19.9 Å². The highest BCUT2D eigenvalue weighted by atomic mass is 32.1. The number of rotatable bonds is 5. The molecule has 0 saturated carbocycles. The first-order chi connectivity index (χ1) is 17.3. The van der Waals surface area contributed by atoms with Crippen LogP contribution in [0, 0.1) is 13.8 Å². The van der Waals surface area contributed by atoms with Gasteiger partial charge in [-0.25, -0.2) is 4.98 Å². The molecule has 36 heavy (non-hydrogen) atoms. The first kappa shape index (κ1) is 23.6. The number of ether oxygens (including phenoxy) is 2. The number of aromatic nitrogens is 1. The Hall–Kier alpha value is -4.17. The Morgan fingerprint density at radius 2 is 1.56 bits per heavy atom. The summed E-state index contributed by atoms with van der Waals surface area (Å²) in [5.41, 5.74) is 3.92. The molecule has 7 nitrogen and oxygen atoms in total. The van der Waals surface area contributed by atoms with Gasteiger partial charge in [-0.1, -0.05) is 29.5 Å². The fourth-order valence-electron chi connectivity index (χ4n) is 4.50. The first-order valence-electron chi connectivity index (χ1n) is 11.3. The van der Waals surface area contributed by atoms with Crippen LogP contribution in [0.5, 0.6) is 11.5 Å². The number of aliphatic hydroxyl groups excluding tert-OH is 1. The summed E-state index contributed by atoms with van der Waals surface area (Å²) in [5, 5.41) is 11.7. The highest BCUT2D eigenvalue weighted by Crippen LogP contribution is 2.45. The van der Waals surface area contributed by atoms with Crippen LogP contribution in [0.3, 0.4) is 0 Å². The number of amides is 1. The maximum Gasteiger partial charge on any atom is 0.301 e. The van der Waals surface area contributed by atoms with Crippen LogP contribution in [-0.2, 0) is 9.59 Å². The van der Waals surface area contributed by atoms with Crippen LogP contribution in [0.4, 0.5) is 5.13 Å². The lowest BCUT2D eigenvalue weighted by atomic mass is 9.95. The van der Waals surface area contributed by atoms with Gasteiger partial charge in [0, 0.05) is 5.56 Å². The second kappa shape index (κ2) is 9.13. The SMILES string of the molecule is COc1ccc(/C(O)=C2\C(=O)C(=O)N(c3nc4c(C)cc(C)cc4s3)[C@@H]2c2ccc(OC)cc2)cc1. The number of carbonyl (C=O) groups is 2. The predicted octanol–water partition coefficient (Wildman–Crippen LogP) is 5.56. The zero-order chi connectivity index (χ0) is 25.6. The van der Waals surface area contributed by atoms with Crippen molar-refractivity contribution in [1.29, 1.82) is 0 Å². The maximum absolute atomic E-state index is 13.4. The molecule has 1 aromatic heterocycles. The van der Waals surface area contributed by atoms with Gasteiger partial charge in [-0.3, -0.25) is 14.5 Å². The molecule has 0 aliphatic carbocycles. The summed E-state index contributed by atoms with van der Waals surface area (Å²) in [5.74, 6) is -0.515. The number of benzene rings is 3. The number of anilines is 1. The second-order valence-electron chi connectivity index (χ2n) is 8.60. The maximum atomic E-state index is 13.4. The molecule has 0 radical (unpaired) electrons. The molecule has 1 saturated heterocycles. The summed E-state index contributed by atoms with van der Waals surface area (Å²) in [6, 6.07) is 16.9. The molecule has 182 valence electrons. The third-order valence-electron chi connectivity index (χ3n) is 6.26. The summed E-state index contributed by atoms with van der Waals surface area (Å²) < 4.78 is 11.4. The number of ketones is 1. The minimum Gasteiger partial charge on any atom is -0.507 e. The molecule has 1 aliphatic rings. The number of carbonyl (C=O) groups excluding carboxylic acids is 2. The molecule has 1 fully saturated rings. The minimum absolute atomic E-state index is 0.00231. The van der Waals surface area contributed by atoms with E-state index in [2.05, 4.69) is 0 Å². The standard InChI is InChI=1S/C28H24N2O5S/c1-15-13-16(2)23-21(14-15)36-28(29-23)30-24(17-5-9-19(34-3)10-6-17)22(26(32)27(30)33)25(31)18-7-11-20(35-4)12-8-18/h5-14,24,31H,1-4H3/b25-22+/t24-/m1/s1. The molecular formula is C28H24N2O5S. The molecule has 1 amide bonds. The molecule has 4 aromatic rings. The van der Waals surface area contributed by atoms with Crippen LogP contribution >= 0.6 is 11.3 Å². The summed E-state index contributed by atoms with van der Waals surface area (Å²) in [6.07, 6.45) is 0. The average molecular weight is 501 g/mol. The predicted molar refractivity (Wildman–Crippen MR) is 140 cm³/mol. The van der Waals surface area contributed by atoms with Gasteiger partial charge in [0.2, 0.25) is 0 Å². The van der Waals surface area contributed by atoms with E-state index in [9.17, 15) is 14.7 Å². The van der Waals surface area contributed by atoms with E-state index in [1.165, 1.54) is 16.2 Å². The van der Waals surface area contributed by atoms with E-state index in [-0.39, 0.29) is 11.3 Å². The number of aryl methyl sites for hydroxylation is 2. The van der Waals surface area contributed by atoms with Crippen LogP contribution < -0.4 is 14.4 Å². The van der Waals surface area contributed by atoms with Crippen molar-refractivity contribution in [2.75, 3.05) is 19.1 Å². The fourth-order valence-corrected chi connectivity index (χ4v) is 5.67. The smallest absolute Gasteiger partial charge is 0.301 e. The molecule has 5 rings (SSSR count). The number of nitrogens with zero attached hydrogens (tertiary/aromatic N) is 2. The Morgan fingerprint density at radius 3 is 2.17 bits per heavy atom. The molecule has 2 heterocycles. The normalized spacial score (nSPS) is 17.1. The first-order valence-corrected chi connectivity index (χ1v) is 12.1. The number of methoxy groups -OCH3 is 2. The van der Waals surface area contributed by atoms with Crippen LogP contribution in [0.25, 0.3) is 16.0 Å². The topological polar surface area (TPSA) is 89.0 Å². The van der Waals surface area contributed by atoms with Crippen molar-refractivity contribution in [3.8, 4) is 11.5 Å². The number of hydrogen-bond acceptors (Lipinski definition) is 7. The third-order valence-corrected chi connectivity index (χ3v) is 7.27. The monoisotopic (exact) mass is 500 g/mol. The van der Waals surface area contributed by atoms with Crippen molar-refractivity contribution >= 4 is 44.1 Å². The van der Waals surface area contributed by atoms with Crippen LogP contribution in [0.1, 0.15) is 28.3 Å². The van der Waals surface area contributed by atoms with Gasteiger partial charge in [-0.2, -0.15) is 0 Å². The lowest BCUT2D eigenvalue weighted by molar-refractivity contribution is -0.132. The molecule has 1 N–H and O–H groups in total. The van der Waals surface area contributed by atoms with Crippen molar-refractivity contribution in [3.05, 3.63) is 88.5 Å². The summed E-state index contributed by atoms with van der Waals surface area (Å²) in [4.78, 5) is 33.0. The molecule has 1 aliphatic heterocycles. The molecular weight excluding hydrogens is 476 g/mol. The van der Waals surface area contributed by atoms with Gasteiger partial charge in [-0.05, 0) is 73.0 Å². The Kier molecular flexibility index (Phi) is 5.97. The molecule has 8 heteroatoms. The van der Waals surface area contributed by atoms with Crippen molar-refractivity contribution < 1.29 is 24.2 Å². The Bertz CT molecular complexity index is 1520. The quantitative estimate of drug-likeness (QED) is 0.219.